The summed E-state index contributed by atoms with van der Waals surface area (Å²) in [6.07, 6.45) is 7.84. The number of benzene rings is 1. The van der Waals surface area contributed by atoms with Gasteiger partial charge in [0.25, 0.3) is 0 Å². The molecule has 7 heteroatoms. The van der Waals surface area contributed by atoms with Crippen molar-refractivity contribution >= 4 is 39.3 Å². The van der Waals surface area contributed by atoms with Crippen molar-refractivity contribution in [1.82, 2.24) is 19.5 Å². The maximum Gasteiger partial charge on any atom is 0.228 e. The highest BCUT2D eigenvalue weighted by molar-refractivity contribution is 5.99. The number of carbonyl (C=O) groups is 1. The maximum absolute atomic E-state index is 12.2. The third-order valence-electron chi connectivity index (χ3n) is 6.33. The molecule has 2 N–H and O–H groups in total. The molecule has 2 saturated carbocycles. The van der Waals surface area contributed by atoms with E-state index in [0.717, 1.165) is 57.4 Å². The van der Waals surface area contributed by atoms with Crippen LogP contribution in [0.1, 0.15) is 48.7 Å². The summed E-state index contributed by atoms with van der Waals surface area (Å²) in [6.45, 7) is 2.07. The molecule has 3 heterocycles. The van der Waals surface area contributed by atoms with Crippen LogP contribution in [0, 0.1) is 24.7 Å². The van der Waals surface area contributed by atoms with Gasteiger partial charge in [-0.2, -0.15) is 0 Å². The summed E-state index contributed by atoms with van der Waals surface area (Å²) in [7, 11) is 1.83. The number of nitrogens with zero attached hydrogens (tertiary/aromatic N) is 4. The van der Waals surface area contributed by atoms with Crippen LogP contribution in [-0.4, -0.2) is 32.5 Å². The molecule has 0 unspecified atom stereocenters. The summed E-state index contributed by atoms with van der Waals surface area (Å²) in [5.41, 5.74) is 3.88. The molecule has 2 aliphatic rings. The highest BCUT2D eigenvalue weighted by Gasteiger charge is 2.30. The fraction of sp³-hybridized carbons (Fsp3) is 0.308. The van der Waals surface area contributed by atoms with E-state index in [4.69, 9.17) is 4.98 Å². The summed E-state index contributed by atoms with van der Waals surface area (Å²) in [6, 6.07) is 8.63. The van der Waals surface area contributed by atoms with E-state index in [1.807, 2.05) is 25.2 Å². The van der Waals surface area contributed by atoms with Crippen molar-refractivity contribution < 1.29 is 4.79 Å². The number of carbonyl (C=O) groups excluding carboxylic acids is 1. The molecule has 0 atom stereocenters. The number of nitrogens with one attached hydrogen (secondary N) is 2. The van der Waals surface area contributed by atoms with E-state index in [9.17, 15) is 4.79 Å². The van der Waals surface area contributed by atoms with Crippen LogP contribution in [0.5, 0.6) is 0 Å². The molecule has 0 radical (unpaired) electrons. The van der Waals surface area contributed by atoms with Crippen molar-refractivity contribution in [2.24, 2.45) is 5.92 Å². The average Bonchev–Trinajstić information content (AvgIpc) is 3.74. The summed E-state index contributed by atoms with van der Waals surface area (Å²) in [5, 5.41) is 7.81. The largest absolute Gasteiger partial charge is 0.373 e. The summed E-state index contributed by atoms with van der Waals surface area (Å²) < 4.78 is 2.33. The van der Waals surface area contributed by atoms with Gasteiger partial charge in [0.15, 0.2) is 0 Å². The molecular weight excluding hydrogens is 412 g/mol. The van der Waals surface area contributed by atoms with E-state index in [1.165, 1.54) is 12.8 Å². The topological polar surface area (TPSA) is 84.7 Å². The number of amides is 1. The molecule has 2 aliphatic carbocycles. The molecular formula is C26H24N6O. The molecule has 3 aromatic heterocycles. The maximum atomic E-state index is 12.2. The number of aromatic nitrogens is 4. The average molecular weight is 437 g/mol. The monoisotopic (exact) mass is 436 g/mol. The number of hydrogen-bond acceptors (Lipinski definition) is 5. The molecule has 0 saturated heterocycles. The molecule has 164 valence electrons. The minimum absolute atomic E-state index is 0.0354. The van der Waals surface area contributed by atoms with Crippen molar-refractivity contribution in [2.45, 2.75) is 38.6 Å². The summed E-state index contributed by atoms with van der Waals surface area (Å²) >= 11 is 0. The molecule has 6 rings (SSSR count). The van der Waals surface area contributed by atoms with E-state index in [1.54, 1.807) is 12.4 Å². The van der Waals surface area contributed by atoms with Crippen LogP contribution in [-0.2, 0) is 4.79 Å². The normalized spacial score (nSPS) is 15.3. The summed E-state index contributed by atoms with van der Waals surface area (Å²) in [5.74, 6) is 9.09. The molecule has 0 bridgehead atoms. The Morgan fingerprint density at radius 1 is 1.06 bits per heavy atom. The van der Waals surface area contributed by atoms with Crippen molar-refractivity contribution in [3.8, 4) is 11.8 Å². The number of fused-ring (bicyclic) bond motifs is 2. The quantitative estimate of drug-likeness (QED) is 0.463. The van der Waals surface area contributed by atoms with Crippen LogP contribution in [0.3, 0.4) is 0 Å². The van der Waals surface area contributed by atoms with Crippen molar-refractivity contribution in [1.29, 1.82) is 0 Å². The first kappa shape index (κ1) is 19.7. The van der Waals surface area contributed by atoms with Gasteiger partial charge in [0, 0.05) is 47.7 Å². The van der Waals surface area contributed by atoms with Gasteiger partial charge in [0.2, 0.25) is 5.91 Å². The second-order valence-electron chi connectivity index (χ2n) is 8.86. The Bertz CT molecular complexity index is 1480. The highest BCUT2D eigenvalue weighted by Crippen LogP contribution is 2.38. The molecule has 2 fully saturated rings. The zero-order chi connectivity index (χ0) is 22.5. The second-order valence-corrected chi connectivity index (χ2v) is 8.86. The Labute approximate surface area is 191 Å². The smallest absolute Gasteiger partial charge is 0.228 e. The third-order valence-corrected chi connectivity index (χ3v) is 6.33. The Morgan fingerprint density at radius 3 is 2.67 bits per heavy atom. The summed E-state index contributed by atoms with van der Waals surface area (Å²) in [4.78, 5) is 25.8. The van der Waals surface area contributed by atoms with Gasteiger partial charge in [-0.05, 0) is 56.9 Å². The first-order valence-electron chi connectivity index (χ1n) is 11.4. The zero-order valence-corrected chi connectivity index (χ0v) is 18.6. The number of imidazole rings is 1. The van der Waals surface area contributed by atoms with E-state index < -0.39 is 0 Å². The Kier molecular flexibility index (Phi) is 4.54. The van der Waals surface area contributed by atoms with E-state index in [0.29, 0.717) is 11.9 Å². The van der Waals surface area contributed by atoms with E-state index in [2.05, 4.69) is 50.0 Å². The third kappa shape index (κ3) is 3.68. The van der Waals surface area contributed by atoms with Gasteiger partial charge in [-0.15, -0.1) is 0 Å². The molecule has 1 amide bonds. The van der Waals surface area contributed by atoms with Gasteiger partial charge in [-0.1, -0.05) is 11.8 Å². The lowest BCUT2D eigenvalue weighted by atomic mass is 10.1. The van der Waals surface area contributed by atoms with Crippen LogP contribution in [0.15, 0.2) is 36.7 Å². The Morgan fingerprint density at radius 2 is 1.91 bits per heavy atom. The molecule has 4 aromatic rings. The van der Waals surface area contributed by atoms with Crippen molar-refractivity contribution in [2.75, 3.05) is 17.7 Å². The number of aryl methyl sites for hydroxylation is 1. The minimum Gasteiger partial charge on any atom is -0.373 e. The highest BCUT2D eigenvalue weighted by atomic mass is 16.2. The van der Waals surface area contributed by atoms with Gasteiger partial charge in [0.05, 0.1) is 16.6 Å². The van der Waals surface area contributed by atoms with Crippen molar-refractivity contribution in [3.05, 3.63) is 53.6 Å². The first-order chi connectivity index (χ1) is 16.1. The van der Waals surface area contributed by atoms with E-state index in [-0.39, 0.29) is 11.8 Å². The van der Waals surface area contributed by atoms with Crippen LogP contribution in [0.25, 0.3) is 21.8 Å². The lowest BCUT2D eigenvalue weighted by Gasteiger charge is -2.09. The Balaban J connectivity index is 1.40. The van der Waals surface area contributed by atoms with E-state index >= 15 is 0 Å². The van der Waals surface area contributed by atoms with Gasteiger partial charge in [0.1, 0.15) is 17.5 Å². The predicted octanol–water partition coefficient (Wildman–Crippen LogP) is 4.41. The number of pyridine rings is 2. The second kappa shape index (κ2) is 7.59. The molecule has 0 spiro atoms. The number of rotatable bonds is 4. The van der Waals surface area contributed by atoms with Gasteiger partial charge in [-0.3, -0.25) is 4.79 Å². The molecule has 33 heavy (non-hydrogen) atoms. The van der Waals surface area contributed by atoms with Crippen molar-refractivity contribution in [3.63, 3.8) is 0 Å². The molecule has 7 nitrogen and oxygen atoms in total. The number of anilines is 2. The predicted molar refractivity (Wildman–Crippen MR) is 129 cm³/mol. The van der Waals surface area contributed by atoms with Gasteiger partial charge < -0.3 is 15.2 Å². The molecule has 1 aromatic carbocycles. The minimum atomic E-state index is 0.0354. The van der Waals surface area contributed by atoms with Crippen LogP contribution in [0.4, 0.5) is 11.6 Å². The van der Waals surface area contributed by atoms with Crippen LogP contribution >= 0.6 is 0 Å². The van der Waals surface area contributed by atoms with Gasteiger partial charge >= 0.3 is 0 Å². The van der Waals surface area contributed by atoms with Crippen LogP contribution in [0.2, 0.25) is 0 Å². The molecule has 0 aliphatic heterocycles. The lowest BCUT2D eigenvalue weighted by molar-refractivity contribution is -0.117. The SMILES string of the molecule is CNc1ncc(C#Cc2ccc3nc(C)n(C4CC4)c3c2)c2cc(NC(=O)C3CC3)ncc12. The zero-order valence-electron chi connectivity index (χ0n) is 18.6. The number of hydrogen-bond donors (Lipinski definition) is 2. The lowest BCUT2D eigenvalue weighted by Crippen LogP contribution is -2.14. The van der Waals surface area contributed by atoms with Crippen LogP contribution < -0.4 is 10.6 Å². The van der Waals surface area contributed by atoms with Gasteiger partial charge in [-0.25, -0.2) is 15.0 Å². The fourth-order valence-electron chi connectivity index (χ4n) is 4.30. The Hall–Kier alpha value is -3.92. The fourth-order valence-corrected chi connectivity index (χ4v) is 4.30. The standard InChI is InChI=1S/C26H24N6O/c1-15-30-22-10-4-16(11-23(22)32(15)19-8-9-19)3-5-18-13-29-25(27-2)21-14-28-24(12-20(18)21)31-26(33)17-6-7-17/h4,10-14,17,19H,6-9H2,1-2H3,(H,27,29)(H,28,31,33). The first-order valence-corrected chi connectivity index (χ1v) is 11.4.